The Morgan fingerprint density at radius 1 is 0.912 bits per heavy atom. The smallest absolute Gasteiger partial charge is 0.248 e. The average molecular weight is 465 g/mol. The predicted molar refractivity (Wildman–Crippen MR) is 128 cm³/mol. The lowest BCUT2D eigenvalue weighted by atomic mass is 9.77. The van der Waals surface area contributed by atoms with E-state index in [1.165, 1.54) is 12.1 Å². The number of rotatable bonds is 4. The first-order valence-electron chi connectivity index (χ1n) is 12.5. The van der Waals surface area contributed by atoms with Crippen molar-refractivity contribution in [1.82, 2.24) is 9.80 Å². The first kappa shape index (κ1) is 23.0. The zero-order chi connectivity index (χ0) is 23.6. The van der Waals surface area contributed by atoms with E-state index >= 15 is 0 Å². The van der Waals surface area contributed by atoms with E-state index in [1.807, 2.05) is 23.1 Å². The van der Waals surface area contributed by atoms with E-state index in [2.05, 4.69) is 17.0 Å². The van der Waals surface area contributed by atoms with Crippen LogP contribution in [0, 0.1) is 5.82 Å². The van der Waals surface area contributed by atoms with Crippen LogP contribution >= 0.6 is 0 Å². The van der Waals surface area contributed by atoms with E-state index in [1.54, 1.807) is 12.1 Å². The molecule has 2 aromatic rings. The summed E-state index contributed by atoms with van der Waals surface area (Å²) in [5.41, 5.74) is 1.21. The van der Waals surface area contributed by atoms with Crippen LogP contribution in [0.4, 0.5) is 4.39 Å². The molecule has 1 saturated carbocycles. The highest BCUT2D eigenvalue weighted by Gasteiger charge is 2.47. The van der Waals surface area contributed by atoms with Crippen LogP contribution in [0.2, 0.25) is 0 Å². The fraction of sp³-hybridized carbons (Fsp3) is 0.500. The SMILES string of the molecule is O=C1CO[C@@]2(CCCN(C(=O)C3(c4ccccc4)CCCC3)CC2)CN1Cc1ccc(F)cc1. The van der Waals surface area contributed by atoms with Gasteiger partial charge in [0, 0.05) is 19.6 Å². The van der Waals surface area contributed by atoms with Crippen LogP contribution in [0.3, 0.4) is 0 Å². The summed E-state index contributed by atoms with van der Waals surface area (Å²) < 4.78 is 19.4. The molecule has 2 heterocycles. The molecular weight excluding hydrogens is 431 g/mol. The minimum Gasteiger partial charge on any atom is -0.363 e. The third kappa shape index (κ3) is 4.48. The van der Waals surface area contributed by atoms with Gasteiger partial charge in [0.1, 0.15) is 12.4 Å². The lowest BCUT2D eigenvalue weighted by Gasteiger charge is -2.42. The molecule has 0 N–H and O–H groups in total. The standard InChI is InChI=1S/C28H33FN2O3/c29-24-11-9-22(10-12-24)19-31-21-27(34-20-25(31)32)13-6-17-30(18-16-27)26(33)28(14-4-5-15-28)23-7-2-1-3-8-23/h1-3,7-12H,4-6,13-21H2/t27-/m1/s1. The lowest BCUT2D eigenvalue weighted by molar-refractivity contribution is -0.167. The zero-order valence-electron chi connectivity index (χ0n) is 19.7. The van der Waals surface area contributed by atoms with Crippen molar-refractivity contribution in [3.63, 3.8) is 0 Å². The number of hydrogen-bond acceptors (Lipinski definition) is 3. The highest BCUT2D eigenvalue weighted by atomic mass is 19.1. The van der Waals surface area contributed by atoms with Gasteiger partial charge in [0.2, 0.25) is 11.8 Å². The molecule has 2 saturated heterocycles. The molecule has 1 atom stereocenters. The van der Waals surface area contributed by atoms with Gasteiger partial charge in [-0.3, -0.25) is 9.59 Å². The second kappa shape index (κ2) is 9.49. The minimum atomic E-state index is -0.432. The molecule has 2 aromatic carbocycles. The van der Waals surface area contributed by atoms with Crippen molar-refractivity contribution in [3.05, 3.63) is 71.5 Å². The fourth-order valence-corrected chi connectivity index (χ4v) is 6.08. The Hall–Kier alpha value is -2.73. The number of morpholine rings is 1. The Bertz CT molecular complexity index is 1020. The van der Waals surface area contributed by atoms with Crippen LogP contribution in [0.1, 0.15) is 56.1 Å². The molecule has 180 valence electrons. The van der Waals surface area contributed by atoms with Crippen LogP contribution < -0.4 is 0 Å². The maximum Gasteiger partial charge on any atom is 0.248 e. The topological polar surface area (TPSA) is 49.9 Å². The Morgan fingerprint density at radius 3 is 2.38 bits per heavy atom. The summed E-state index contributed by atoms with van der Waals surface area (Å²) >= 11 is 0. The molecule has 3 aliphatic rings. The highest BCUT2D eigenvalue weighted by Crippen LogP contribution is 2.43. The van der Waals surface area contributed by atoms with Crippen molar-refractivity contribution in [2.45, 2.75) is 62.5 Å². The second-order valence-corrected chi connectivity index (χ2v) is 10.1. The van der Waals surface area contributed by atoms with Gasteiger partial charge in [0.25, 0.3) is 0 Å². The molecule has 0 bridgehead atoms. The summed E-state index contributed by atoms with van der Waals surface area (Å²) in [6, 6.07) is 16.6. The first-order chi connectivity index (χ1) is 16.5. The number of ether oxygens (including phenoxy) is 1. The molecule has 3 fully saturated rings. The molecule has 0 unspecified atom stereocenters. The number of carbonyl (C=O) groups is 2. The molecule has 1 aliphatic carbocycles. The van der Waals surface area contributed by atoms with Crippen molar-refractivity contribution < 1.29 is 18.7 Å². The summed E-state index contributed by atoms with van der Waals surface area (Å²) in [7, 11) is 0. The van der Waals surface area contributed by atoms with E-state index in [9.17, 15) is 14.0 Å². The van der Waals surface area contributed by atoms with Crippen molar-refractivity contribution in [1.29, 1.82) is 0 Å². The third-order valence-corrected chi connectivity index (χ3v) is 8.00. The normalized spacial score (nSPS) is 24.9. The van der Waals surface area contributed by atoms with E-state index in [4.69, 9.17) is 4.74 Å². The van der Waals surface area contributed by atoms with Crippen molar-refractivity contribution >= 4 is 11.8 Å². The molecule has 5 rings (SSSR count). The quantitative estimate of drug-likeness (QED) is 0.672. The molecule has 6 heteroatoms. The van der Waals surface area contributed by atoms with E-state index < -0.39 is 11.0 Å². The van der Waals surface area contributed by atoms with E-state index in [0.717, 1.165) is 62.6 Å². The number of benzene rings is 2. The molecule has 2 aliphatic heterocycles. The second-order valence-electron chi connectivity index (χ2n) is 10.1. The maximum absolute atomic E-state index is 13.9. The summed E-state index contributed by atoms with van der Waals surface area (Å²) in [5, 5.41) is 0. The Balaban J connectivity index is 1.29. The van der Waals surface area contributed by atoms with Gasteiger partial charge in [-0.25, -0.2) is 4.39 Å². The summed E-state index contributed by atoms with van der Waals surface area (Å²) in [6.45, 7) is 2.39. The number of nitrogens with zero attached hydrogens (tertiary/aromatic N) is 2. The molecule has 0 aromatic heterocycles. The van der Waals surface area contributed by atoms with Gasteiger partial charge in [-0.05, 0) is 55.4 Å². The Morgan fingerprint density at radius 2 is 1.65 bits per heavy atom. The molecular formula is C28H33FN2O3. The van der Waals surface area contributed by atoms with Crippen LogP contribution in [-0.4, -0.2) is 53.5 Å². The number of halogens is 1. The Kier molecular flexibility index (Phi) is 6.43. The summed E-state index contributed by atoms with van der Waals surface area (Å²) in [4.78, 5) is 30.4. The van der Waals surface area contributed by atoms with Crippen LogP contribution in [-0.2, 0) is 26.3 Å². The molecule has 1 spiro atoms. The highest BCUT2D eigenvalue weighted by molar-refractivity contribution is 5.88. The minimum absolute atomic E-state index is 0.0406. The number of amides is 2. The number of hydrogen-bond donors (Lipinski definition) is 0. The first-order valence-corrected chi connectivity index (χ1v) is 12.5. The van der Waals surface area contributed by atoms with Gasteiger partial charge in [0.15, 0.2) is 0 Å². The predicted octanol–water partition coefficient (Wildman–Crippen LogP) is 4.45. The average Bonchev–Trinajstić information content (AvgIpc) is 3.28. The molecule has 0 radical (unpaired) electrons. The van der Waals surface area contributed by atoms with Gasteiger partial charge in [-0.1, -0.05) is 55.3 Å². The number of carbonyl (C=O) groups excluding carboxylic acids is 2. The van der Waals surface area contributed by atoms with Gasteiger partial charge in [-0.15, -0.1) is 0 Å². The van der Waals surface area contributed by atoms with E-state index in [-0.39, 0.29) is 24.2 Å². The van der Waals surface area contributed by atoms with Crippen LogP contribution in [0.25, 0.3) is 0 Å². The van der Waals surface area contributed by atoms with Crippen molar-refractivity contribution in [2.24, 2.45) is 0 Å². The number of likely N-dealkylation sites (tertiary alicyclic amines) is 1. The van der Waals surface area contributed by atoms with Crippen molar-refractivity contribution in [3.8, 4) is 0 Å². The molecule has 34 heavy (non-hydrogen) atoms. The summed E-state index contributed by atoms with van der Waals surface area (Å²) in [6.07, 6.45) is 6.39. The van der Waals surface area contributed by atoms with E-state index in [0.29, 0.717) is 19.6 Å². The largest absolute Gasteiger partial charge is 0.363 e. The van der Waals surface area contributed by atoms with Gasteiger partial charge >= 0.3 is 0 Å². The zero-order valence-corrected chi connectivity index (χ0v) is 19.7. The Labute approximate surface area is 200 Å². The van der Waals surface area contributed by atoms with Crippen LogP contribution in [0.15, 0.2) is 54.6 Å². The lowest BCUT2D eigenvalue weighted by Crippen LogP contribution is -2.54. The molecule has 5 nitrogen and oxygen atoms in total. The van der Waals surface area contributed by atoms with Crippen LogP contribution in [0.5, 0.6) is 0 Å². The summed E-state index contributed by atoms with van der Waals surface area (Å²) in [5.74, 6) is -0.0676. The van der Waals surface area contributed by atoms with Gasteiger partial charge in [0.05, 0.1) is 17.6 Å². The van der Waals surface area contributed by atoms with Gasteiger partial charge in [-0.2, -0.15) is 0 Å². The fourth-order valence-electron chi connectivity index (χ4n) is 6.08. The maximum atomic E-state index is 13.9. The van der Waals surface area contributed by atoms with Crippen molar-refractivity contribution in [2.75, 3.05) is 26.2 Å². The van der Waals surface area contributed by atoms with Gasteiger partial charge < -0.3 is 14.5 Å². The monoisotopic (exact) mass is 464 g/mol. The third-order valence-electron chi connectivity index (χ3n) is 8.00. The molecule has 2 amide bonds.